The van der Waals surface area contributed by atoms with Crippen LogP contribution in [0, 0.1) is 5.41 Å². The minimum atomic E-state index is -0.748. The third-order valence-corrected chi connectivity index (χ3v) is 5.84. The van der Waals surface area contributed by atoms with Gasteiger partial charge in [0, 0.05) is 18.8 Å². The quantitative estimate of drug-likeness (QED) is 0.145. The number of carbonyl (C=O) groups excluding carboxylic acids is 2. The second-order valence-corrected chi connectivity index (χ2v) is 9.94. The zero-order valence-electron chi connectivity index (χ0n) is 20.9. The second kappa shape index (κ2) is 15.8. The maximum atomic E-state index is 12.2. The van der Waals surface area contributed by atoms with E-state index in [1.54, 1.807) is 31.5 Å². The summed E-state index contributed by atoms with van der Waals surface area (Å²) in [4.78, 5) is 36.0. The van der Waals surface area contributed by atoms with E-state index in [-0.39, 0.29) is 11.4 Å². The Bertz CT molecular complexity index is 730. The van der Waals surface area contributed by atoms with E-state index < -0.39 is 16.8 Å². The summed E-state index contributed by atoms with van der Waals surface area (Å²) in [6, 6.07) is 1.36. The fraction of sp³-hybridized carbons (Fsp3) is 0.741. The van der Waals surface area contributed by atoms with Gasteiger partial charge in [-0.3, -0.25) is 14.4 Å². The van der Waals surface area contributed by atoms with Crippen LogP contribution in [0.25, 0.3) is 0 Å². The predicted molar refractivity (Wildman–Crippen MR) is 131 cm³/mol. The summed E-state index contributed by atoms with van der Waals surface area (Å²) < 4.78 is 7.02. The number of unbranched alkanes of at least 4 members (excludes halogenated alkanes) is 13. The van der Waals surface area contributed by atoms with Crippen molar-refractivity contribution in [1.29, 1.82) is 0 Å². The highest BCUT2D eigenvalue weighted by atomic mass is 16.5. The lowest BCUT2D eigenvalue weighted by atomic mass is 9.97. The van der Waals surface area contributed by atoms with Gasteiger partial charge in [0.25, 0.3) is 0 Å². The summed E-state index contributed by atoms with van der Waals surface area (Å²) in [5.74, 6) is -0.681. The first-order chi connectivity index (χ1) is 15.3. The van der Waals surface area contributed by atoms with Gasteiger partial charge in [0.1, 0.15) is 5.69 Å². The maximum absolute atomic E-state index is 12.2. The molecule has 0 bridgehead atoms. The lowest BCUT2D eigenvalue weighted by Gasteiger charge is -2.18. The Morgan fingerprint density at radius 3 is 1.78 bits per heavy atom. The molecule has 5 heteroatoms. The molecule has 0 atom stereocenters. The number of esters is 1. The summed E-state index contributed by atoms with van der Waals surface area (Å²) in [5, 5.41) is 0. The smallest absolute Gasteiger partial charge is 0.316 e. The lowest BCUT2D eigenvalue weighted by molar-refractivity contribution is -0.143. The van der Waals surface area contributed by atoms with Gasteiger partial charge in [-0.15, -0.1) is 0 Å². The zero-order chi connectivity index (χ0) is 23.8. The highest BCUT2D eigenvalue weighted by Crippen LogP contribution is 2.20. The average Bonchev–Trinajstić information content (AvgIpc) is 2.75. The summed E-state index contributed by atoms with van der Waals surface area (Å²) >= 11 is 0. The highest BCUT2D eigenvalue weighted by molar-refractivity contribution is 5.82. The van der Waals surface area contributed by atoms with Crippen LogP contribution < -0.4 is 10.2 Å². The third kappa shape index (κ3) is 11.1. The van der Waals surface area contributed by atoms with Gasteiger partial charge in [-0.25, -0.2) is 0 Å². The number of carbonyl (C=O) groups is 2. The Hall–Kier alpha value is -1.91. The Balaban J connectivity index is 2.28. The van der Waals surface area contributed by atoms with E-state index in [9.17, 15) is 14.4 Å². The van der Waals surface area contributed by atoms with E-state index in [0.29, 0.717) is 12.8 Å². The van der Waals surface area contributed by atoms with E-state index in [2.05, 4.69) is 6.92 Å². The van der Waals surface area contributed by atoms with E-state index in [1.165, 1.54) is 83.1 Å². The molecular weight excluding hydrogens is 402 g/mol. The molecule has 0 amide bonds. The number of aryl methyl sites for hydroxylation is 1. The first-order valence-corrected chi connectivity index (χ1v) is 12.7. The maximum Gasteiger partial charge on any atom is 0.316 e. The van der Waals surface area contributed by atoms with Crippen molar-refractivity contribution in [2.45, 2.75) is 124 Å². The molecule has 0 aromatic carbocycles. The summed E-state index contributed by atoms with van der Waals surface area (Å²) in [5.41, 5.74) is -1.05. The Morgan fingerprint density at radius 2 is 1.34 bits per heavy atom. The standard InChI is InChI=1S/C27H45NO4/c1-5-6-7-8-9-10-11-12-13-14-15-16-17-18-20-28-21-19-24(30)25(23(28)22-29)32-26(31)27(2,3)4/h19,21-22H,5-18,20H2,1-4H3. The number of pyridine rings is 1. The number of hydrogen-bond donors (Lipinski definition) is 0. The average molecular weight is 448 g/mol. The van der Waals surface area contributed by atoms with E-state index in [0.717, 1.165) is 12.8 Å². The minimum Gasteiger partial charge on any atom is -0.420 e. The Labute approximate surface area is 194 Å². The number of aldehydes is 1. The van der Waals surface area contributed by atoms with Crippen molar-refractivity contribution in [2.24, 2.45) is 5.41 Å². The molecule has 1 aromatic rings. The third-order valence-electron chi connectivity index (χ3n) is 5.84. The van der Waals surface area contributed by atoms with Crippen LogP contribution in [0.4, 0.5) is 0 Å². The first kappa shape index (κ1) is 28.1. The van der Waals surface area contributed by atoms with Gasteiger partial charge in [0.05, 0.1) is 5.41 Å². The second-order valence-electron chi connectivity index (χ2n) is 9.94. The van der Waals surface area contributed by atoms with Crippen LogP contribution in [-0.4, -0.2) is 16.8 Å². The van der Waals surface area contributed by atoms with Gasteiger partial charge >= 0.3 is 5.97 Å². The molecule has 0 saturated carbocycles. The van der Waals surface area contributed by atoms with Crippen LogP contribution in [0.2, 0.25) is 0 Å². The molecule has 32 heavy (non-hydrogen) atoms. The fourth-order valence-corrected chi connectivity index (χ4v) is 3.71. The number of aromatic nitrogens is 1. The summed E-state index contributed by atoms with van der Waals surface area (Å²) in [6.45, 7) is 8.03. The number of ether oxygens (including phenoxy) is 1. The van der Waals surface area contributed by atoms with Crippen LogP contribution in [0.15, 0.2) is 17.1 Å². The van der Waals surface area contributed by atoms with Gasteiger partial charge < -0.3 is 9.30 Å². The van der Waals surface area contributed by atoms with E-state index in [1.807, 2.05) is 0 Å². The molecule has 0 aliphatic heterocycles. The van der Waals surface area contributed by atoms with Crippen molar-refractivity contribution < 1.29 is 14.3 Å². The molecule has 0 aliphatic carbocycles. The molecule has 1 aromatic heterocycles. The van der Waals surface area contributed by atoms with Crippen molar-refractivity contribution in [1.82, 2.24) is 4.57 Å². The van der Waals surface area contributed by atoms with E-state index >= 15 is 0 Å². The van der Waals surface area contributed by atoms with Gasteiger partial charge in [-0.2, -0.15) is 0 Å². The van der Waals surface area contributed by atoms with Crippen molar-refractivity contribution in [3.05, 3.63) is 28.2 Å². The lowest BCUT2D eigenvalue weighted by Crippen LogP contribution is -2.29. The largest absolute Gasteiger partial charge is 0.420 e. The SMILES string of the molecule is CCCCCCCCCCCCCCCCn1ccc(=O)c(OC(=O)C(C)(C)C)c1C=O. The number of hydrogen-bond acceptors (Lipinski definition) is 4. The molecule has 182 valence electrons. The molecule has 0 N–H and O–H groups in total. The number of nitrogens with zero attached hydrogens (tertiary/aromatic N) is 1. The van der Waals surface area contributed by atoms with Gasteiger partial charge in [-0.05, 0) is 27.2 Å². The molecule has 0 unspecified atom stereocenters. The summed E-state index contributed by atoms with van der Waals surface area (Å²) in [7, 11) is 0. The van der Waals surface area contributed by atoms with Gasteiger partial charge in [-0.1, -0.05) is 90.4 Å². The molecule has 1 rings (SSSR count). The first-order valence-electron chi connectivity index (χ1n) is 12.7. The number of rotatable bonds is 17. The van der Waals surface area contributed by atoms with Crippen molar-refractivity contribution in [2.75, 3.05) is 0 Å². The summed E-state index contributed by atoms with van der Waals surface area (Å²) in [6.07, 6.45) is 20.3. The zero-order valence-corrected chi connectivity index (χ0v) is 20.9. The normalized spacial score (nSPS) is 11.5. The van der Waals surface area contributed by atoms with Crippen LogP contribution in [-0.2, 0) is 11.3 Å². The van der Waals surface area contributed by atoms with Crippen LogP contribution >= 0.6 is 0 Å². The monoisotopic (exact) mass is 447 g/mol. The molecule has 0 radical (unpaired) electrons. The Morgan fingerprint density at radius 1 is 0.875 bits per heavy atom. The Kier molecular flexibility index (Phi) is 13.9. The molecule has 0 spiro atoms. The van der Waals surface area contributed by atoms with E-state index in [4.69, 9.17) is 4.74 Å². The molecule has 0 aliphatic rings. The molecule has 0 fully saturated rings. The van der Waals surface area contributed by atoms with Crippen molar-refractivity contribution in [3.63, 3.8) is 0 Å². The fourth-order valence-electron chi connectivity index (χ4n) is 3.71. The molecular formula is C27H45NO4. The molecule has 1 heterocycles. The highest BCUT2D eigenvalue weighted by Gasteiger charge is 2.26. The minimum absolute atomic E-state index is 0.143. The predicted octanol–water partition coefficient (Wildman–Crippen LogP) is 7.09. The molecule has 0 saturated heterocycles. The van der Waals surface area contributed by atoms with Crippen molar-refractivity contribution >= 4 is 12.3 Å². The van der Waals surface area contributed by atoms with Crippen molar-refractivity contribution in [3.8, 4) is 5.75 Å². The van der Waals surface area contributed by atoms with Crippen LogP contribution in [0.5, 0.6) is 5.75 Å². The molecule has 5 nitrogen and oxygen atoms in total. The van der Waals surface area contributed by atoms with Gasteiger partial charge in [0.2, 0.25) is 11.2 Å². The van der Waals surface area contributed by atoms with Crippen LogP contribution in [0.1, 0.15) is 128 Å². The topological polar surface area (TPSA) is 65.4 Å². The van der Waals surface area contributed by atoms with Crippen LogP contribution in [0.3, 0.4) is 0 Å². The van der Waals surface area contributed by atoms with Gasteiger partial charge in [0.15, 0.2) is 6.29 Å².